The summed E-state index contributed by atoms with van der Waals surface area (Å²) in [4.78, 5) is 22.8. The lowest BCUT2D eigenvalue weighted by molar-refractivity contribution is -0.682. The minimum Gasteiger partial charge on any atom is -0.355 e. The van der Waals surface area contributed by atoms with E-state index in [0.717, 1.165) is 5.56 Å². The second-order valence-electron chi connectivity index (χ2n) is 4.51. The van der Waals surface area contributed by atoms with E-state index in [-0.39, 0.29) is 30.9 Å². The number of quaternary nitrogens is 1. The normalized spacial score (nSPS) is 11.8. The Kier molecular flexibility index (Phi) is 7.04. The number of halogens is 1. The van der Waals surface area contributed by atoms with Gasteiger partial charge in [0.15, 0.2) is 6.54 Å². The quantitative estimate of drug-likeness (QED) is 0.673. The predicted octanol–water partition coefficient (Wildman–Crippen LogP) is 0.217. The molecule has 0 heterocycles. The van der Waals surface area contributed by atoms with Gasteiger partial charge in [-0.05, 0) is 26.0 Å². The summed E-state index contributed by atoms with van der Waals surface area (Å²) in [6, 6.07) is 7.69. The van der Waals surface area contributed by atoms with Crippen LogP contribution in [0.25, 0.3) is 0 Å². The van der Waals surface area contributed by atoms with Gasteiger partial charge in [0.2, 0.25) is 5.91 Å². The van der Waals surface area contributed by atoms with Crippen LogP contribution in [0, 0.1) is 0 Å². The molecule has 0 unspecified atom stereocenters. The summed E-state index contributed by atoms with van der Waals surface area (Å²) in [5, 5.41) is 7.78. The Morgan fingerprint density at radius 1 is 1.30 bits per heavy atom. The third-order valence-corrected chi connectivity index (χ3v) is 3.09. The van der Waals surface area contributed by atoms with E-state index in [1.807, 2.05) is 43.4 Å². The van der Waals surface area contributed by atoms with Crippen LogP contribution in [0.3, 0.4) is 0 Å². The lowest BCUT2D eigenvalue weighted by atomic mass is 10.1. The lowest BCUT2D eigenvalue weighted by Crippen LogP contribution is -2.87. The fourth-order valence-electron chi connectivity index (χ4n) is 1.72. The van der Waals surface area contributed by atoms with Crippen LogP contribution >= 0.6 is 11.6 Å². The van der Waals surface area contributed by atoms with Crippen LogP contribution in [-0.4, -0.2) is 31.4 Å². The van der Waals surface area contributed by atoms with Crippen molar-refractivity contribution in [3.05, 3.63) is 34.9 Å². The van der Waals surface area contributed by atoms with Crippen molar-refractivity contribution in [2.24, 2.45) is 0 Å². The highest BCUT2D eigenvalue weighted by Crippen LogP contribution is 2.14. The van der Waals surface area contributed by atoms with Crippen LogP contribution in [0.15, 0.2) is 24.3 Å². The molecule has 0 aliphatic carbocycles. The van der Waals surface area contributed by atoms with Gasteiger partial charge in [-0.25, -0.2) is 0 Å². The summed E-state index contributed by atoms with van der Waals surface area (Å²) in [7, 11) is 0. The van der Waals surface area contributed by atoms with Gasteiger partial charge in [0, 0.05) is 17.1 Å². The Morgan fingerprint density at radius 3 is 2.70 bits per heavy atom. The molecule has 0 bridgehead atoms. The minimum absolute atomic E-state index is 0.0199. The molecule has 0 aliphatic heterocycles. The van der Waals surface area contributed by atoms with Gasteiger partial charge in [-0.1, -0.05) is 23.7 Å². The van der Waals surface area contributed by atoms with Crippen LogP contribution in [-0.2, 0) is 9.59 Å². The molecule has 1 aromatic rings. The maximum atomic E-state index is 11.6. The van der Waals surface area contributed by atoms with Gasteiger partial charge in [0.25, 0.3) is 5.91 Å². The molecule has 20 heavy (non-hydrogen) atoms. The van der Waals surface area contributed by atoms with Gasteiger partial charge in [-0.15, -0.1) is 0 Å². The van der Waals surface area contributed by atoms with Crippen molar-refractivity contribution in [3.8, 4) is 0 Å². The zero-order chi connectivity index (χ0) is 15.0. The molecule has 1 atom stereocenters. The predicted molar refractivity (Wildman–Crippen MR) is 78.4 cm³/mol. The number of nitrogens with one attached hydrogen (secondary N) is 2. The molecule has 110 valence electrons. The molecular formula is C14H21ClN3O2+. The van der Waals surface area contributed by atoms with Crippen molar-refractivity contribution in [1.82, 2.24) is 10.6 Å². The smallest absolute Gasteiger partial charge is 0.275 e. The van der Waals surface area contributed by atoms with Crippen LogP contribution in [0.4, 0.5) is 0 Å². The third-order valence-electron chi connectivity index (χ3n) is 2.85. The molecular weight excluding hydrogens is 278 g/mol. The summed E-state index contributed by atoms with van der Waals surface area (Å²) in [5.41, 5.74) is 1.06. The van der Waals surface area contributed by atoms with E-state index in [9.17, 15) is 9.59 Å². The molecule has 6 heteroatoms. The monoisotopic (exact) mass is 298 g/mol. The maximum Gasteiger partial charge on any atom is 0.275 e. The molecule has 0 aromatic heterocycles. The van der Waals surface area contributed by atoms with Gasteiger partial charge < -0.3 is 16.0 Å². The average molecular weight is 299 g/mol. The second-order valence-corrected chi connectivity index (χ2v) is 4.95. The minimum atomic E-state index is -0.177. The molecule has 1 rings (SSSR count). The molecule has 0 radical (unpaired) electrons. The number of hydrogen-bond acceptors (Lipinski definition) is 2. The summed E-state index contributed by atoms with van der Waals surface area (Å²) < 4.78 is 0. The number of carbonyl (C=O) groups excluding carboxylic acids is 2. The first-order valence-electron chi connectivity index (χ1n) is 6.65. The van der Waals surface area contributed by atoms with Crippen molar-refractivity contribution in [3.63, 3.8) is 0 Å². The Balaban J connectivity index is 2.32. The van der Waals surface area contributed by atoms with E-state index >= 15 is 0 Å². The van der Waals surface area contributed by atoms with Crippen LogP contribution < -0.4 is 16.0 Å². The van der Waals surface area contributed by atoms with Crippen molar-refractivity contribution in [1.29, 1.82) is 0 Å². The number of hydrogen-bond donors (Lipinski definition) is 3. The number of nitrogens with two attached hydrogens (primary N) is 1. The van der Waals surface area contributed by atoms with E-state index in [1.54, 1.807) is 0 Å². The summed E-state index contributed by atoms with van der Waals surface area (Å²) in [5.74, 6) is -0.339. The zero-order valence-electron chi connectivity index (χ0n) is 11.8. The molecule has 0 spiro atoms. The van der Waals surface area contributed by atoms with Gasteiger partial charge in [-0.3, -0.25) is 9.59 Å². The second kappa shape index (κ2) is 8.55. The molecule has 0 saturated carbocycles. The summed E-state index contributed by atoms with van der Waals surface area (Å²) in [6.45, 7) is 4.69. The highest BCUT2D eigenvalue weighted by Gasteiger charge is 2.12. The van der Waals surface area contributed by atoms with E-state index in [1.165, 1.54) is 0 Å². The van der Waals surface area contributed by atoms with Gasteiger partial charge in [0.1, 0.15) is 6.04 Å². The Bertz CT molecular complexity index is 465. The average Bonchev–Trinajstić information content (AvgIpc) is 2.43. The molecule has 0 aliphatic rings. The molecule has 0 saturated heterocycles. The highest BCUT2D eigenvalue weighted by molar-refractivity contribution is 6.30. The topological polar surface area (TPSA) is 74.8 Å². The number of benzene rings is 1. The Labute approximate surface area is 124 Å². The number of rotatable bonds is 7. The van der Waals surface area contributed by atoms with Crippen molar-refractivity contribution in [2.45, 2.75) is 19.9 Å². The van der Waals surface area contributed by atoms with E-state index in [4.69, 9.17) is 11.6 Å². The fourth-order valence-corrected chi connectivity index (χ4v) is 1.92. The first kappa shape index (κ1) is 16.5. The zero-order valence-corrected chi connectivity index (χ0v) is 12.5. The fraction of sp³-hybridized carbons (Fsp3) is 0.429. The number of carbonyl (C=O) groups is 2. The van der Waals surface area contributed by atoms with E-state index in [0.29, 0.717) is 11.6 Å². The number of amides is 2. The summed E-state index contributed by atoms with van der Waals surface area (Å²) in [6.07, 6.45) is 0. The first-order valence-corrected chi connectivity index (χ1v) is 7.03. The van der Waals surface area contributed by atoms with Gasteiger partial charge >= 0.3 is 0 Å². The maximum absolute atomic E-state index is 11.6. The van der Waals surface area contributed by atoms with Crippen LogP contribution in [0.1, 0.15) is 25.5 Å². The van der Waals surface area contributed by atoms with Crippen molar-refractivity contribution >= 4 is 23.4 Å². The molecule has 0 fully saturated rings. The van der Waals surface area contributed by atoms with Crippen molar-refractivity contribution < 1.29 is 14.9 Å². The lowest BCUT2D eigenvalue weighted by Gasteiger charge is -2.11. The third kappa shape index (κ3) is 6.04. The van der Waals surface area contributed by atoms with Crippen LogP contribution in [0.5, 0.6) is 0 Å². The highest BCUT2D eigenvalue weighted by atomic mass is 35.5. The molecule has 1 aromatic carbocycles. The Hall–Kier alpha value is -1.59. The van der Waals surface area contributed by atoms with Crippen molar-refractivity contribution in [2.75, 3.05) is 19.6 Å². The molecule has 2 amide bonds. The number of likely N-dealkylation sites (N-methyl/N-ethyl adjacent to an activating group) is 1. The molecule has 4 N–H and O–H groups in total. The van der Waals surface area contributed by atoms with Crippen LogP contribution in [0.2, 0.25) is 5.02 Å². The SMILES string of the molecule is CCNC(=O)CNC(=O)C[NH2+][C@H](C)c1cccc(Cl)c1. The largest absolute Gasteiger partial charge is 0.355 e. The van der Waals surface area contributed by atoms with E-state index in [2.05, 4.69) is 10.6 Å². The van der Waals surface area contributed by atoms with E-state index < -0.39 is 0 Å². The molecule has 5 nitrogen and oxygen atoms in total. The Morgan fingerprint density at radius 2 is 2.05 bits per heavy atom. The first-order chi connectivity index (χ1) is 9.52. The van der Waals surface area contributed by atoms with Gasteiger partial charge in [0.05, 0.1) is 6.54 Å². The standard InChI is InChI=1S/C14H20ClN3O2/c1-3-16-13(19)9-18-14(20)8-17-10(2)11-5-4-6-12(15)7-11/h4-7,10,17H,3,8-9H2,1-2H3,(H,16,19)(H,18,20)/p+1/t10-/m1/s1. The summed E-state index contributed by atoms with van der Waals surface area (Å²) >= 11 is 5.93. The van der Waals surface area contributed by atoms with Gasteiger partial charge in [-0.2, -0.15) is 0 Å².